The van der Waals surface area contributed by atoms with Crippen LogP contribution in [-0.2, 0) is 4.74 Å². The highest BCUT2D eigenvalue weighted by Crippen LogP contribution is 2.34. The van der Waals surface area contributed by atoms with Gasteiger partial charge in [-0.3, -0.25) is 0 Å². The van der Waals surface area contributed by atoms with E-state index in [9.17, 15) is 5.11 Å². The molecule has 3 atom stereocenters. The molecule has 0 spiro atoms. The van der Waals surface area contributed by atoms with E-state index in [0.29, 0.717) is 11.4 Å². The predicted molar refractivity (Wildman–Crippen MR) is 61.5 cm³/mol. The molecule has 0 bridgehead atoms. The molecule has 88 valence electrons. The van der Waals surface area contributed by atoms with Gasteiger partial charge < -0.3 is 14.9 Å². The van der Waals surface area contributed by atoms with Crippen LogP contribution in [0.15, 0.2) is 18.2 Å². The minimum atomic E-state index is -0.603. The Bertz CT molecular complexity index is 360. The van der Waals surface area contributed by atoms with Crippen LogP contribution < -0.4 is 0 Å². The molecule has 4 heteroatoms. The minimum absolute atomic E-state index is 0.156. The molecule has 1 aromatic carbocycles. The number of aryl methyl sites for hydroxylation is 1. The molecule has 1 saturated heterocycles. The lowest BCUT2D eigenvalue weighted by Crippen LogP contribution is -2.24. The Morgan fingerprint density at radius 1 is 1.44 bits per heavy atom. The fourth-order valence-corrected chi connectivity index (χ4v) is 2.36. The first-order chi connectivity index (χ1) is 7.60. The fraction of sp³-hybridized carbons (Fsp3) is 0.500. The minimum Gasteiger partial charge on any atom is -0.394 e. The lowest BCUT2D eigenvalue weighted by Gasteiger charge is -2.13. The summed E-state index contributed by atoms with van der Waals surface area (Å²) in [7, 11) is 0. The summed E-state index contributed by atoms with van der Waals surface area (Å²) in [6.07, 6.45) is -0.756. The second kappa shape index (κ2) is 4.72. The largest absolute Gasteiger partial charge is 0.394 e. The molecule has 1 aromatic rings. The van der Waals surface area contributed by atoms with Gasteiger partial charge in [-0.05, 0) is 30.2 Å². The molecular formula is C12H15ClO3. The van der Waals surface area contributed by atoms with Crippen molar-refractivity contribution >= 4 is 11.6 Å². The summed E-state index contributed by atoms with van der Waals surface area (Å²) in [6, 6.07) is 5.70. The van der Waals surface area contributed by atoms with Gasteiger partial charge in [-0.15, -0.1) is 0 Å². The molecule has 0 aromatic heterocycles. The van der Waals surface area contributed by atoms with E-state index in [-0.39, 0.29) is 12.7 Å². The quantitative estimate of drug-likeness (QED) is 0.832. The van der Waals surface area contributed by atoms with Crippen molar-refractivity contribution in [2.24, 2.45) is 0 Å². The van der Waals surface area contributed by atoms with Crippen molar-refractivity contribution in [2.75, 3.05) is 6.61 Å². The number of ether oxygens (including phenoxy) is 1. The van der Waals surface area contributed by atoms with Crippen LogP contribution in [0.5, 0.6) is 0 Å². The molecule has 3 nitrogen and oxygen atoms in total. The molecule has 1 aliphatic heterocycles. The summed E-state index contributed by atoms with van der Waals surface area (Å²) in [6.45, 7) is 1.81. The first-order valence-corrected chi connectivity index (χ1v) is 5.69. The summed E-state index contributed by atoms with van der Waals surface area (Å²) >= 11 is 5.97. The summed E-state index contributed by atoms with van der Waals surface area (Å²) in [4.78, 5) is 0. The van der Waals surface area contributed by atoms with E-state index >= 15 is 0 Å². The molecule has 1 heterocycles. The number of hydrogen-bond donors (Lipinski definition) is 2. The average molecular weight is 243 g/mol. The van der Waals surface area contributed by atoms with Crippen LogP contribution in [0.2, 0.25) is 5.02 Å². The standard InChI is InChI=1S/C12H15ClO3/c1-7-2-8(4-9(13)3-7)11-5-10(15)12(6-14)16-11/h2-4,10-12,14-15H,5-6H2,1H3/t10-,11-,12-/m1/s1. The molecule has 1 aliphatic rings. The van der Waals surface area contributed by atoms with Crippen molar-refractivity contribution in [3.05, 3.63) is 34.3 Å². The third-order valence-corrected chi connectivity index (χ3v) is 3.06. The molecule has 1 fully saturated rings. The SMILES string of the molecule is Cc1cc(Cl)cc([C@H]2C[C@@H](O)[C@@H](CO)O2)c1. The Morgan fingerprint density at radius 3 is 2.75 bits per heavy atom. The van der Waals surface area contributed by atoms with Gasteiger partial charge in [-0.2, -0.15) is 0 Å². The Hall–Kier alpha value is -0.610. The monoisotopic (exact) mass is 242 g/mol. The number of rotatable bonds is 2. The van der Waals surface area contributed by atoms with Crippen molar-refractivity contribution in [2.45, 2.75) is 31.7 Å². The van der Waals surface area contributed by atoms with E-state index in [1.54, 1.807) is 0 Å². The smallest absolute Gasteiger partial charge is 0.107 e. The summed E-state index contributed by atoms with van der Waals surface area (Å²) in [5.74, 6) is 0. The number of halogens is 1. The van der Waals surface area contributed by atoms with Gasteiger partial charge in [0, 0.05) is 11.4 Å². The van der Waals surface area contributed by atoms with Crippen molar-refractivity contribution in [3.63, 3.8) is 0 Å². The Kier molecular flexibility index (Phi) is 3.50. The van der Waals surface area contributed by atoms with E-state index in [0.717, 1.165) is 11.1 Å². The van der Waals surface area contributed by atoms with Gasteiger partial charge in [0.15, 0.2) is 0 Å². The van der Waals surface area contributed by atoms with Crippen molar-refractivity contribution in [3.8, 4) is 0 Å². The van der Waals surface area contributed by atoms with Crippen molar-refractivity contribution in [1.29, 1.82) is 0 Å². The lowest BCUT2D eigenvalue weighted by molar-refractivity contribution is -0.0225. The summed E-state index contributed by atoms with van der Waals surface area (Å²) < 4.78 is 5.56. The number of aliphatic hydroxyl groups is 2. The maximum absolute atomic E-state index is 9.64. The molecule has 0 amide bonds. The van der Waals surface area contributed by atoms with Gasteiger partial charge in [0.05, 0.1) is 18.8 Å². The number of benzene rings is 1. The van der Waals surface area contributed by atoms with Crippen LogP contribution >= 0.6 is 11.6 Å². The van der Waals surface area contributed by atoms with Crippen LogP contribution in [0.25, 0.3) is 0 Å². The van der Waals surface area contributed by atoms with Gasteiger partial charge in [0.2, 0.25) is 0 Å². The Labute approximate surface area is 99.6 Å². The number of hydrogen-bond acceptors (Lipinski definition) is 3. The van der Waals surface area contributed by atoms with E-state index in [4.69, 9.17) is 21.4 Å². The molecule has 16 heavy (non-hydrogen) atoms. The fourth-order valence-electron chi connectivity index (χ4n) is 2.06. The highest BCUT2D eigenvalue weighted by atomic mass is 35.5. The van der Waals surface area contributed by atoms with Gasteiger partial charge in [0.1, 0.15) is 6.10 Å². The van der Waals surface area contributed by atoms with Gasteiger partial charge in [-0.1, -0.05) is 17.7 Å². The molecule has 0 radical (unpaired) electrons. The Morgan fingerprint density at radius 2 is 2.19 bits per heavy atom. The third-order valence-electron chi connectivity index (χ3n) is 2.84. The maximum Gasteiger partial charge on any atom is 0.107 e. The summed E-state index contributed by atoms with van der Waals surface area (Å²) in [5.41, 5.74) is 2.02. The molecule has 0 unspecified atom stereocenters. The highest BCUT2D eigenvalue weighted by Gasteiger charge is 2.34. The Balaban J connectivity index is 2.19. The van der Waals surface area contributed by atoms with Crippen molar-refractivity contribution in [1.82, 2.24) is 0 Å². The zero-order valence-electron chi connectivity index (χ0n) is 9.06. The molecule has 0 saturated carbocycles. The molecule has 2 N–H and O–H groups in total. The zero-order chi connectivity index (χ0) is 11.7. The van der Waals surface area contributed by atoms with E-state index in [1.807, 2.05) is 25.1 Å². The van der Waals surface area contributed by atoms with E-state index in [1.165, 1.54) is 0 Å². The molecule has 0 aliphatic carbocycles. The van der Waals surface area contributed by atoms with Crippen LogP contribution in [0.3, 0.4) is 0 Å². The first-order valence-electron chi connectivity index (χ1n) is 5.31. The topological polar surface area (TPSA) is 49.7 Å². The van der Waals surface area contributed by atoms with Crippen LogP contribution in [-0.4, -0.2) is 29.0 Å². The zero-order valence-corrected chi connectivity index (χ0v) is 9.81. The molecule has 2 rings (SSSR count). The van der Waals surface area contributed by atoms with Gasteiger partial charge >= 0.3 is 0 Å². The highest BCUT2D eigenvalue weighted by molar-refractivity contribution is 6.30. The van der Waals surface area contributed by atoms with Crippen LogP contribution in [0.4, 0.5) is 0 Å². The second-order valence-electron chi connectivity index (χ2n) is 4.21. The lowest BCUT2D eigenvalue weighted by atomic mass is 10.0. The maximum atomic E-state index is 9.64. The third kappa shape index (κ3) is 2.38. The predicted octanol–water partition coefficient (Wildman–Crippen LogP) is 1.83. The average Bonchev–Trinajstić information content (AvgIpc) is 2.58. The second-order valence-corrected chi connectivity index (χ2v) is 4.65. The van der Waals surface area contributed by atoms with E-state index < -0.39 is 12.2 Å². The van der Waals surface area contributed by atoms with Crippen LogP contribution in [0, 0.1) is 6.92 Å². The molecular weight excluding hydrogens is 228 g/mol. The first kappa shape index (κ1) is 11.9. The van der Waals surface area contributed by atoms with Gasteiger partial charge in [-0.25, -0.2) is 0 Å². The van der Waals surface area contributed by atoms with Crippen molar-refractivity contribution < 1.29 is 14.9 Å². The van der Waals surface area contributed by atoms with E-state index in [2.05, 4.69) is 0 Å². The number of aliphatic hydroxyl groups excluding tert-OH is 2. The van der Waals surface area contributed by atoms with Crippen LogP contribution in [0.1, 0.15) is 23.7 Å². The summed E-state index contributed by atoms with van der Waals surface area (Å²) in [5, 5.41) is 19.3. The van der Waals surface area contributed by atoms with Gasteiger partial charge in [0.25, 0.3) is 0 Å². The normalized spacial score (nSPS) is 29.6.